The number of methoxy groups -OCH3 is 1. The molecule has 0 spiro atoms. The molecule has 1 aromatic rings. The van der Waals surface area contributed by atoms with E-state index in [9.17, 15) is 9.59 Å². The zero-order valence-electron chi connectivity index (χ0n) is 11.4. The summed E-state index contributed by atoms with van der Waals surface area (Å²) in [7, 11) is 1.33. The lowest BCUT2D eigenvalue weighted by Crippen LogP contribution is -2.31. The summed E-state index contributed by atoms with van der Waals surface area (Å²) in [6, 6.07) is 0. The first kappa shape index (κ1) is 15.4. The number of aromatic nitrogens is 1. The molecule has 0 radical (unpaired) electrons. The second-order valence-corrected chi connectivity index (χ2v) is 4.79. The molecule has 0 bridgehead atoms. The fraction of sp³-hybridized carbons (Fsp3) is 0.583. The highest BCUT2D eigenvalue weighted by Crippen LogP contribution is 2.18. The highest BCUT2D eigenvalue weighted by atomic mass is 32.1. The molecule has 0 aromatic carbocycles. The zero-order chi connectivity index (χ0) is 14.3. The number of hydrogen-bond acceptors (Lipinski definition) is 6. The lowest BCUT2D eigenvalue weighted by Gasteiger charge is -2.18. The Hall–Kier alpha value is -1.63. The van der Waals surface area contributed by atoms with Crippen LogP contribution in [0.3, 0.4) is 0 Å². The SMILES string of the molecule is CCN(CC)C(=O)CCNc1ncc(C(=O)OC)s1. The molecule has 1 N–H and O–H groups in total. The first-order chi connectivity index (χ1) is 9.12. The predicted octanol–water partition coefficient (Wildman–Crippen LogP) is 1.60. The maximum Gasteiger partial charge on any atom is 0.349 e. The van der Waals surface area contributed by atoms with Gasteiger partial charge in [0.2, 0.25) is 5.91 Å². The molecule has 1 amide bonds. The molecule has 7 heteroatoms. The van der Waals surface area contributed by atoms with Crippen molar-refractivity contribution in [2.75, 3.05) is 32.1 Å². The maximum absolute atomic E-state index is 11.8. The summed E-state index contributed by atoms with van der Waals surface area (Å²) < 4.78 is 4.60. The Kier molecular flexibility index (Phi) is 6.27. The highest BCUT2D eigenvalue weighted by Gasteiger charge is 2.11. The molecule has 0 aliphatic carbocycles. The molecule has 1 aromatic heterocycles. The summed E-state index contributed by atoms with van der Waals surface area (Å²) in [5.74, 6) is -0.285. The number of hydrogen-bond donors (Lipinski definition) is 1. The van der Waals surface area contributed by atoms with Gasteiger partial charge in [0.05, 0.1) is 13.3 Å². The minimum atomic E-state index is -0.398. The van der Waals surface area contributed by atoms with E-state index in [0.29, 0.717) is 23.0 Å². The van der Waals surface area contributed by atoms with Crippen LogP contribution in [0, 0.1) is 0 Å². The van der Waals surface area contributed by atoms with Crippen molar-refractivity contribution >= 4 is 28.3 Å². The van der Waals surface area contributed by atoms with Crippen LogP contribution in [-0.2, 0) is 9.53 Å². The molecule has 0 aliphatic rings. The van der Waals surface area contributed by atoms with E-state index in [-0.39, 0.29) is 5.91 Å². The molecule has 106 valence electrons. The van der Waals surface area contributed by atoms with Crippen LogP contribution in [0.2, 0.25) is 0 Å². The van der Waals surface area contributed by atoms with Crippen molar-refractivity contribution in [1.29, 1.82) is 0 Å². The number of rotatable bonds is 7. The zero-order valence-corrected chi connectivity index (χ0v) is 12.2. The second-order valence-electron chi connectivity index (χ2n) is 3.76. The van der Waals surface area contributed by atoms with Crippen molar-refractivity contribution in [2.24, 2.45) is 0 Å². The fourth-order valence-corrected chi connectivity index (χ4v) is 2.32. The van der Waals surface area contributed by atoms with Crippen molar-refractivity contribution in [3.8, 4) is 0 Å². The van der Waals surface area contributed by atoms with E-state index in [4.69, 9.17) is 0 Å². The van der Waals surface area contributed by atoms with Gasteiger partial charge in [0.25, 0.3) is 0 Å². The Morgan fingerprint density at radius 3 is 2.68 bits per heavy atom. The number of amides is 1. The molecule has 0 atom stereocenters. The van der Waals surface area contributed by atoms with Crippen LogP contribution in [0.15, 0.2) is 6.20 Å². The molecule has 0 saturated heterocycles. The van der Waals surface area contributed by atoms with E-state index in [2.05, 4.69) is 15.0 Å². The number of esters is 1. The third-order valence-electron chi connectivity index (χ3n) is 2.62. The molecular weight excluding hydrogens is 266 g/mol. The van der Waals surface area contributed by atoms with Crippen molar-refractivity contribution in [2.45, 2.75) is 20.3 Å². The van der Waals surface area contributed by atoms with E-state index in [0.717, 1.165) is 13.1 Å². The number of thiazole rings is 1. The lowest BCUT2D eigenvalue weighted by molar-refractivity contribution is -0.130. The fourth-order valence-electron chi connectivity index (χ4n) is 1.56. The Morgan fingerprint density at radius 1 is 1.42 bits per heavy atom. The standard InChI is InChI=1S/C12H19N3O3S/c1-4-15(5-2)10(16)6-7-13-12-14-8-9(19-12)11(17)18-3/h8H,4-7H2,1-3H3,(H,13,14). The molecule has 0 unspecified atom stereocenters. The summed E-state index contributed by atoms with van der Waals surface area (Å²) in [4.78, 5) is 29.3. The molecular formula is C12H19N3O3S. The van der Waals surface area contributed by atoms with E-state index in [1.807, 2.05) is 13.8 Å². The Morgan fingerprint density at radius 2 is 2.11 bits per heavy atom. The van der Waals surface area contributed by atoms with Gasteiger partial charge in [-0.15, -0.1) is 0 Å². The van der Waals surface area contributed by atoms with Crippen LogP contribution in [-0.4, -0.2) is 48.5 Å². The average molecular weight is 285 g/mol. The third-order valence-corrected chi connectivity index (χ3v) is 3.56. The van der Waals surface area contributed by atoms with E-state index in [1.165, 1.54) is 24.6 Å². The number of carbonyl (C=O) groups excluding carboxylic acids is 2. The molecule has 19 heavy (non-hydrogen) atoms. The first-order valence-electron chi connectivity index (χ1n) is 6.18. The van der Waals surface area contributed by atoms with Crippen LogP contribution < -0.4 is 5.32 Å². The van der Waals surface area contributed by atoms with Crippen LogP contribution in [0.25, 0.3) is 0 Å². The first-order valence-corrected chi connectivity index (χ1v) is 6.99. The van der Waals surface area contributed by atoms with Crippen molar-refractivity contribution in [3.05, 3.63) is 11.1 Å². The van der Waals surface area contributed by atoms with Crippen LogP contribution in [0.1, 0.15) is 29.9 Å². The van der Waals surface area contributed by atoms with Gasteiger partial charge in [0.1, 0.15) is 4.88 Å². The van der Waals surface area contributed by atoms with Crippen molar-refractivity contribution in [3.63, 3.8) is 0 Å². The quantitative estimate of drug-likeness (QED) is 0.770. The van der Waals surface area contributed by atoms with Crippen LogP contribution >= 0.6 is 11.3 Å². The molecule has 1 heterocycles. The topological polar surface area (TPSA) is 71.5 Å². The van der Waals surface area contributed by atoms with Gasteiger partial charge in [-0.2, -0.15) is 0 Å². The Labute approximate surface area is 116 Å². The van der Waals surface area contributed by atoms with E-state index < -0.39 is 5.97 Å². The normalized spacial score (nSPS) is 10.1. The Balaban J connectivity index is 2.39. The molecule has 1 rings (SSSR count). The van der Waals surface area contributed by atoms with Crippen LogP contribution in [0.4, 0.5) is 5.13 Å². The maximum atomic E-state index is 11.8. The molecule has 6 nitrogen and oxygen atoms in total. The van der Waals surface area contributed by atoms with Gasteiger partial charge in [0, 0.05) is 26.1 Å². The van der Waals surface area contributed by atoms with Crippen molar-refractivity contribution in [1.82, 2.24) is 9.88 Å². The van der Waals surface area contributed by atoms with Gasteiger partial charge in [-0.25, -0.2) is 9.78 Å². The number of anilines is 1. The van der Waals surface area contributed by atoms with Gasteiger partial charge in [0.15, 0.2) is 5.13 Å². The van der Waals surface area contributed by atoms with Gasteiger partial charge < -0.3 is 15.0 Å². The van der Waals surface area contributed by atoms with Crippen molar-refractivity contribution < 1.29 is 14.3 Å². The van der Waals surface area contributed by atoms with Crippen LogP contribution in [0.5, 0.6) is 0 Å². The van der Waals surface area contributed by atoms with Gasteiger partial charge in [-0.3, -0.25) is 4.79 Å². The highest BCUT2D eigenvalue weighted by molar-refractivity contribution is 7.17. The molecule has 0 fully saturated rings. The summed E-state index contributed by atoms with van der Waals surface area (Å²) in [5.41, 5.74) is 0. The summed E-state index contributed by atoms with van der Waals surface area (Å²) in [6.07, 6.45) is 1.87. The summed E-state index contributed by atoms with van der Waals surface area (Å²) in [5, 5.41) is 3.65. The monoisotopic (exact) mass is 285 g/mol. The second kappa shape index (κ2) is 7.73. The minimum absolute atomic E-state index is 0.113. The number of carbonyl (C=O) groups is 2. The lowest BCUT2D eigenvalue weighted by atomic mass is 10.3. The van der Waals surface area contributed by atoms with Gasteiger partial charge in [-0.05, 0) is 13.8 Å². The smallest absolute Gasteiger partial charge is 0.349 e. The number of ether oxygens (including phenoxy) is 1. The van der Waals surface area contributed by atoms with Gasteiger partial charge >= 0.3 is 5.97 Å². The third kappa shape index (κ3) is 4.51. The van der Waals surface area contributed by atoms with Gasteiger partial charge in [-0.1, -0.05) is 11.3 Å². The minimum Gasteiger partial charge on any atom is -0.465 e. The predicted molar refractivity (Wildman–Crippen MR) is 74.5 cm³/mol. The average Bonchev–Trinajstić information content (AvgIpc) is 2.88. The van der Waals surface area contributed by atoms with E-state index in [1.54, 1.807) is 4.90 Å². The summed E-state index contributed by atoms with van der Waals surface area (Å²) >= 11 is 1.22. The Bertz CT molecular complexity index is 430. The number of nitrogens with zero attached hydrogens (tertiary/aromatic N) is 2. The summed E-state index contributed by atoms with van der Waals surface area (Å²) in [6.45, 7) is 5.86. The number of nitrogens with one attached hydrogen (secondary N) is 1. The largest absolute Gasteiger partial charge is 0.465 e. The molecule has 0 aliphatic heterocycles. The molecule has 0 saturated carbocycles. The van der Waals surface area contributed by atoms with E-state index >= 15 is 0 Å².